The zero-order chi connectivity index (χ0) is 14.8. The van der Waals surface area contributed by atoms with Gasteiger partial charge >= 0.3 is 0 Å². The van der Waals surface area contributed by atoms with Gasteiger partial charge in [-0.25, -0.2) is 0 Å². The minimum Gasteiger partial charge on any atom is -0.455 e. The molecule has 1 heterocycles. The van der Waals surface area contributed by atoms with E-state index in [1.165, 1.54) is 0 Å². The number of rotatable bonds is 3. The van der Waals surface area contributed by atoms with Crippen LogP contribution in [0.3, 0.4) is 0 Å². The number of benzene rings is 2. The minimum absolute atomic E-state index is 0.0875. The van der Waals surface area contributed by atoms with Crippen molar-refractivity contribution in [3.63, 3.8) is 0 Å². The van der Waals surface area contributed by atoms with Crippen molar-refractivity contribution in [2.24, 2.45) is 0 Å². The van der Waals surface area contributed by atoms with Crippen molar-refractivity contribution in [3.8, 4) is 11.5 Å². The molecule has 3 rings (SSSR count). The smallest absolute Gasteiger partial charge is 0.228 e. The highest BCUT2D eigenvalue weighted by Gasteiger charge is 2.30. The van der Waals surface area contributed by atoms with Crippen LogP contribution in [0.2, 0.25) is 0 Å². The van der Waals surface area contributed by atoms with Gasteiger partial charge < -0.3 is 9.64 Å². The average Bonchev–Trinajstić information content (AvgIpc) is 2.78. The summed E-state index contributed by atoms with van der Waals surface area (Å²) in [4.78, 5) is 13.8. The molecule has 4 heteroatoms. The van der Waals surface area contributed by atoms with Gasteiger partial charge in [0.1, 0.15) is 5.75 Å². The summed E-state index contributed by atoms with van der Waals surface area (Å²) >= 11 is 4.40. The lowest BCUT2D eigenvalue weighted by Gasteiger charge is -2.20. The molecule has 21 heavy (non-hydrogen) atoms. The molecule has 108 valence electrons. The average molecular weight is 299 g/mol. The predicted molar refractivity (Wildman–Crippen MR) is 87.4 cm³/mol. The fraction of sp³-hybridized carbons (Fsp3) is 0.235. The van der Waals surface area contributed by atoms with E-state index in [1.807, 2.05) is 55.5 Å². The molecule has 1 atom stereocenters. The van der Waals surface area contributed by atoms with Gasteiger partial charge in [0.05, 0.1) is 5.69 Å². The summed E-state index contributed by atoms with van der Waals surface area (Å²) in [5, 5.41) is 0.0875. The van der Waals surface area contributed by atoms with Gasteiger partial charge in [-0.15, -0.1) is 0 Å². The highest BCUT2D eigenvalue weighted by molar-refractivity contribution is 7.81. The van der Waals surface area contributed by atoms with Gasteiger partial charge in [-0.05, 0) is 36.8 Å². The number of anilines is 1. The molecule has 1 aliphatic rings. The number of aryl methyl sites for hydroxylation is 1. The molecule has 0 aliphatic carbocycles. The second-order valence-electron chi connectivity index (χ2n) is 5.25. The summed E-state index contributed by atoms with van der Waals surface area (Å²) in [6.45, 7) is 2.64. The summed E-state index contributed by atoms with van der Waals surface area (Å²) in [7, 11) is 0. The molecule has 1 fully saturated rings. The van der Waals surface area contributed by atoms with Crippen LogP contribution >= 0.6 is 12.6 Å². The Hall–Kier alpha value is -1.94. The maximum atomic E-state index is 12.1. The third-order valence-electron chi connectivity index (χ3n) is 3.48. The predicted octanol–water partition coefficient (Wildman–Crippen LogP) is 3.82. The summed E-state index contributed by atoms with van der Waals surface area (Å²) in [5.41, 5.74) is 1.94. The van der Waals surface area contributed by atoms with Crippen LogP contribution in [-0.2, 0) is 4.79 Å². The third kappa shape index (κ3) is 3.05. The molecule has 0 saturated carbocycles. The molecule has 3 nitrogen and oxygen atoms in total. The van der Waals surface area contributed by atoms with Crippen LogP contribution in [0.1, 0.15) is 12.0 Å². The van der Waals surface area contributed by atoms with Crippen molar-refractivity contribution in [1.82, 2.24) is 0 Å². The Bertz CT molecular complexity index is 671. The number of hydrogen-bond donors (Lipinski definition) is 1. The monoisotopic (exact) mass is 299 g/mol. The quantitative estimate of drug-likeness (QED) is 0.873. The van der Waals surface area contributed by atoms with E-state index in [1.54, 1.807) is 4.90 Å². The molecule has 0 aromatic heterocycles. The highest BCUT2D eigenvalue weighted by Crippen LogP contribution is 2.35. The van der Waals surface area contributed by atoms with Crippen LogP contribution in [0.5, 0.6) is 11.5 Å². The fourth-order valence-corrected chi connectivity index (χ4v) is 2.81. The Morgan fingerprint density at radius 3 is 2.71 bits per heavy atom. The van der Waals surface area contributed by atoms with E-state index in [4.69, 9.17) is 4.74 Å². The number of carbonyl (C=O) groups excluding carboxylic acids is 1. The first kappa shape index (κ1) is 14.0. The normalized spacial score (nSPS) is 18.1. The van der Waals surface area contributed by atoms with Gasteiger partial charge in [0.15, 0.2) is 5.75 Å². The number of para-hydroxylation sites is 2. The van der Waals surface area contributed by atoms with Crippen LogP contribution < -0.4 is 9.64 Å². The molecule has 0 N–H and O–H groups in total. The Balaban J connectivity index is 1.91. The lowest BCUT2D eigenvalue weighted by molar-refractivity contribution is -0.117. The topological polar surface area (TPSA) is 29.5 Å². The summed E-state index contributed by atoms with van der Waals surface area (Å²) in [5.74, 6) is 1.56. The van der Waals surface area contributed by atoms with Gasteiger partial charge in [0.25, 0.3) is 0 Å². The molecule has 0 radical (unpaired) electrons. The third-order valence-corrected chi connectivity index (χ3v) is 3.82. The molecule has 0 bridgehead atoms. The van der Waals surface area contributed by atoms with Crippen molar-refractivity contribution >= 4 is 24.2 Å². The van der Waals surface area contributed by atoms with Gasteiger partial charge in [-0.1, -0.05) is 24.3 Å². The van der Waals surface area contributed by atoms with Crippen molar-refractivity contribution in [3.05, 3.63) is 54.1 Å². The summed E-state index contributed by atoms with van der Waals surface area (Å²) < 4.78 is 5.97. The van der Waals surface area contributed by atoms with Crippen molar-refractivity contribution in [2.75, 3.05) is 11.4 Å². The van der Waals surface area contributed by atoms with E-state index in [-0.39, 0.29) is 11.2 Å². The lowest BCUT2D eigenvalue weighted by Crippen LogP contribution is -2.24. The zero-order valence-electron chi connectivity index (χ0n) is 11.8. The Labute approximate surface area is 129 Å². The second kappa shape index (κ2) is 5.82. The van der Waals surface area contributed by atoms with E-state index in [0.29, 0.717) is 18.7 Å². The standard InChI is InChI=1S/C17H17NO2S/c1-12-5-4-6-13(9-12)20-16-8-3-2-7-15(16)18-11-14(21)10-17(18)19/h2-9,14,21H,10-11H2,1H3. The molecule has 0 spiro atoms. The zero-order valence-corrected chi connectivity index (χ0v) is 12.7. The van der Waals surface area contributed by atoms with Crippen LogP contribution in [0.4, 0.5) is 5.69 Å². The minimum atomic E-state index is 0.0875. The Kier molecular flexibility index (Phi) is 3.88. The maximum Gasteiger partial charge on any atom is 0.228 e. The number of amides is 1. The van der Waals surface area contributed by atoms with E-state index in [0.717, 1.165) is 17.0 Å². The SMILES string of the molecule is Cc1cccc(Oc2ccccc2N2CC(S)CC2=O)c1. The number of carbonyl (C=O) groups is 1. The number of hydrogen-bond acceptors (Lipinski definition) is 3. The first-order valence-electron chi connectivity index (χ1n) is 6.95. The number of thiol groups is 1. The molecular weight excluding hydrogens is 282 g/mol. The first-order chi connectivity index (χ1) is 10.1. The van der Waals surface area contributed by atoms with E-state index < -0.39 is 0 Å². The first-order valence-corrected chi connectivity index (χ1v) is 7.47. The fourth-order valence-electron chi connectivity index (χ4n) is 2.49. The largest absolute Gasteiger partial charge is 0.455 e. The van der Waals surface area contributed by atoms with Crippen molar-refractivity contribution in [1.29, 1.82) is 0 Å². The van der Waals surface area contributed by atoms with Gasteiger partial charge in [-0.3, -0.25) is 4.79 Å². The second-order valence-corrected chi connectivity index (χ2v) is 5.98. The van der Waals surface area contributed by atoms with Crippen LogP contribution in [-0.4, -0.2) is 17.7 Å². The Morgan fingerprint density at radius 2 is 2.00 bits per heavy atom. The lowest BCUT2D eigenvalue weighted by atomic mass is 10.2. The molecular formula is C17H17NO2S. The van der Waals surface area contributed by atoms with Crippen molar-refractivity contribution < 1.29 is 9.53 Å². The van der Waals surface area contributed by atoms with Crippen LogP contribution in [0, 0.1) is 6.92 Å². The van der Waals surface area contributed by atoms with Crippen LogP contribution in [0.25, 0.3) is 0 Å². The highest BCUT2D eigenvalue weighted by atomic mass is 32.1. The molecule has 1 saturated heterocycles. The molecule has 2 aromatic rings. The van der Waals surface area contributed by atoms with Gasteiger partial charge in [0.2, 0.25) is 5.91 Å². The molecule has 1 unspecified atom stereocenters. The van der Waals surface area contributed by atoms with E-state index >= 15 is 0 Å². The Morgan fingerprint density at radius 1 is 1.19 bits per heavy atom. The van der Waals surface area contributed by atoms with Gasteiger partial charge in [-0.2, -0.15) is 12.6 Å². The molecule has 1 aliphatic heterocycles. The summed E-state index contributed by atoms with van der Waals surface area (Å²) in [6, 6.07) is 15.5. The molecule has 1 amide bonds. The van der Waals surface area contributed by atoms with Crippen molar-refractivity contribution in [2.45, 2.75) is 18.6 Å². The van der Waals surface area contributed by atoms with E-state index in [9.17, 15) is 4.79 Å². The maximum absolute atomic E-state index is 12.1. The number of nitrogens with zero attached hydrogens (tertiary/aromatic N) is 1. The number of ether oxygens (including phenoxy) is 1. The van der Waals surface area contributed by atoms with E-state index in [2.05, 4.69) is 12.6 Å². The molecule has 2 aromatic carbocycles. The van der Waals surface area contributed by atoms with Crippen LogP contribution in [0.15, 0.2) is 48.5 Å². The summed E-state index contributed by atoms with van der Waals surface area (Å²) in [6.07, 6.45) is 0.474. The van der Waals surface area contributed by atoms with Gasteiger partial charge in [0, 0.05) is 18.2 Å².